The largest absolute Gasteiger partial charge is 0.416 e. The van der Waals surface area contributed by atoms with Gasteiger partial charge in [-0.3, -0.25) is 9.80 Å². The van der Waals surface area contributed by atoms with Gasteiger partial charge in [-0.15, -0.1) is 13.2 Å². The van der Waals surface area contributed by atoms with Crippen molar-refractivity contribution in [3.63, 3.8) is 0 Å². The average molecular weight is 556 g/mol. The number of hydrazine groups is 1. The van der Waals surface area contributed by atoms with E-state index < -0.39 is 22.9 Å². The molecule has 0 saturated carbocycles. The Bertz CT molecular complexity index is 1220. The first kappa shape index (κ1) is 32.7. The van der Waals surface area contributed by atoms with Crippen LogP contribution in [-0.2, 0) is 11.0 Å². The van der Waals surface area contributed by atoms with E-state index >= 15 is 0 Å². The molecule has 3 aromatic rings. The highest BCUT2D eigenvalue weighted by atomic mass is 32.2. The molecule has 0 saturated heterocycles. The Labute approximate surface area is 231 Å². The highest BCUT2D eigenvalue weighted by Gasteiger charge is 2.31. The van der Waals surface area contributed by atoms with Crippen molar-refractivity contribution in [1.29, 1.82) is 0 Å². The number of hydrogen-bond acceptors (Lipinski definition) is 5. The molecular weight excluding hydrogens is 523 g/mol. The van der Waals surface area contributed by atoms with Crippen LogP contribution in [0.3, 0.4) is 0 Å². The lowest BCUT2D eigenvalue weighted by atomic mass is 10.1. The van der Waals surface area contributed by atoms with Gasteiger partial charge in [-0.05, 0) is 42.8 Å². The van der Waals surface area contributed by atoms with Crippen LogP contribution in [0.2, 0.25) is 0 Å². The number of halogens is 3. The maximum atomic E-state index is 13.1. The summed E-state index contributed by atoms with van der Waals surface area (Å²) in [5.41, 5.74) is 0.352. The van der Waals surface area contributed by atoms with Gasteiger partial charge in [0, 0.05) is 5.69 Å². The lowest BCUT2D eigenvalue weighted by Gasteiger charge is -2.23. The van der Waals surface area contributed by atoms with Crippen LogP contribution in [0.25, 0.3) is 0 Å². The maximum absolute atomic E-state index is 13.1. The SMILES string of the molecule is C=C.C=C/C=C\C.N/N=C(/SC(C(=O)Nc1cccc(C(F)(F)F)c1)c1ccccc1)N(N)c1ccccc1. The van der Waals surface area contributed by atoms with Gasteiger partial charge >= 0.3 is 6.18 Å². The Morgan fingerprint density at radius 3 is 2.10 bits per heavy atom. The van der Waals surface area contributed by atoms with Crippen molar-refractivity contribution in [3.05, 3.63) is 134 Å². The van der Waals surface area contributed by atoms with Crippen LogP contribution in [0.5, 0.6) is 0 Å². The summed E-state index contributed by atoms with van der Waals surface area (Å²) in [5.74, 6) is 11.1. The van der Waals surface area contributed by atoms with Gasteiger partial charge in [0.05, 0.1) is 11.3 Å². The molecule has 1 unspecified atom stereocenters. The zero-order chi connectivity index (χ0) is 29.3. The van der Waals surface area contributed by atoms with Gasteiger partial charge in [-0.1, -0.05) is 91.2 Å². The number of nitrogens with one attached hydrogen (secondary N) is 1. The minimum atomic E-state index is -4.52. The number of benzene rings is 3. The smallest absolute Gasteiger partial charge is 0.325 e. The Morgan fingerprint density at radius 2 is 1.62 bits per heavy atom. The van der Waals surface area contributed by atoms with Crippen LogP contribution in [-0.4, -0.2) is 11.1 Å². The van der Waals surface area contributed by atoms with E-state index in [2.05, 4.69) is 30.2 Å². The molecule has 0 aliphatic heterocycles. The molecule has 1 amide bonds. The van der Waals surface area contributed by atoms with Gasteiger partial charge in [-0.2, -0.15) is 18.3 Å². The molecule has 0 spiro atoms. The predicted molar refractivity (Wildman–Crippen MR) is 158 cm³/mol. The Morgan fingerprint density at radius 1 is 1.03 bits per heavy atom. The van der Waals surface area contributed by atoms with E-state index in [1.54, 1.807) is 60.7 Å². The summed E-state index contributed by atoms with van der Waals surface area (Å²) in [5, 5.41) is 6.75. The highest BCUT2D eigenvalue weighted by Crippen LogP contribution is 2.34. The molecule has 0 radical (unpaired) electrons. The second kappa shape index (κ2) is 17.3. The van der Waals surface area contributed by atoms with Gasteiger partial charge < -0.3 is 11.2 Å². The number of carbonyl (C=O) groups excluding carboxylic acids is 1. The molecule has 6 nitrogen and oxygen atoms in total. The van der Waals surface area contributed by atoms with Gasteiger partial charge in [0.2, 0.25) is 11.1 Å². The average Bonchev–Trinajstić information content (AvgIpc) is 2.96. The number of amides is 1. The number of thioether (sulfide) groups is 1. The minimum Gasteiger partial charge on any atom is -0.325 e. The molecule has 3 aromatic carbocycles. The number of amidine groups is 1. The van der Waals surface area contributed by atoms with Crippen LogP contribution >= 0.6 is 11.8 Å². The zero-order valence-electron chi connectivity index (χ0n) is 21.5. The number of hydrogen-bond donors (Lipinski definition) is 3. The van der Waals surface area contributed by atoms with Crippen molar-refractivity contribution in [2.75, 3.05) is 10.3 Å². The van der Waals surface area contributed by atoms with Gasteiger partial charge in [0.1, 0.15) is 5.25 Å². The first-order chi connectivity index (χ1) is 18.7. The quantitative estimate of drug-likeness (QED) is 0.0742. The number of para-hydroxylation sites is 1. The molecule has 0 bridgehead atoms. The number of allylic oxidation sites excluding steroid dienone is 3. The third-order valence-electron chi connectivity index (χ3n) is 4.70. The van der Waals surface area contributed by atoms with Crippen molar-refractivity contribution in [2.24, 2.45) is 16.8 Å². The van der Waals surface area contributed by atoms with Gasteiger partial charge in [0.25, 0.3) is 0 Å². The highest BCUT2D eigenvalue weighted by molar-refractivity contribution is 8.14. The monoisotopic (exact) mass is 555 g/mol. The predicted octanol–water partition coefficient (Wildman–Crippen LogP) is 7.28. The molecular formula is C29H32F3N5OS. The molecule has 3 rings (SSSR count). The molecule has 206 valence electrons. The molecule has 0 aromatic heterocycles. The summed E-state index contributed by atoms with van der Waals surface area (Å²) >= 11 is 0.975. The summed E-state index contributed by atoms with van der Waals surface area (Å²) in [7, 11) is 0. The van der Waals surface area contributed by atoms with Crippen molar-refractivity contribution < 1.29 is 18.0 Å². The van der Waals surface area contributed by atoms with Crippen LogP contribution in [0.15, 0.2) is 128 Å². The molecule has 39 heavy (non-hydrogen) atoms. The van der Waals surface area contributed by atoms with Crippen LogP contribution in [0.4, 0.5) is 24.5 Å². The fourth-order valence-electron chi connectivity index (χ4n) is 2.97. The van der Waals surface area contributed by atoms with E-state index in [9.17, 15) is 18.0 Å². The summed E-state index contributed by atoms with van der Waals surface area (Å²) in [4.78, 5) is 13.1. The van der Waals surface area contributed by atoms with E-state index in [4.69, 9.17) is 11.7 Å². The summed E-state index contributed by atoms with van der Waals surface area (Å²) in [6.07, 6.45) is 1.05. The van der Waals surface area contributed by atoms with Crippen LogP contribution in [0, 0.1) is 0 Å². The van der Waals surface area contributed by atoms with Gasteiger partial charge in [0.15, 0.2) is 0 Å². The normalized spacial score (nSPS) is 11.8. The van der Waals surface area contributed by atoms with Crippen LogP contribution < -0.4 is 22.0 Å². The Hall–Kier alpha value is -4.28. The summed E-state index contributed by atoms with van der Waals surface area (Å²) < 4.78 is 39.1. The summed E-state index contributed by atoms with van der Waals surface area (Å²) in [6, 6.07) is 22.0. The number of rotatable bonds is 6. The van der Waals surface area contributed by atoms with E-state index in [1.807, 2.05) is 25.1 Å². The fraction of sp³-hybridized carbons (Fsp3) is 0.103. The lowest BCUT2D eigenvalue weighted by molar-refractivity contribution is -0.137. The number of nitrogens with two attached hydrogens (primary N) is 2. The molecule has 0 aliphatic carbocycles. The molecule has 0 aliphatic rings. The molecule has 0 heterocycles. The minimum absolute atomic E-state index is 0.0188. The van der Waals surface area contributed by atoms with E-state index in [-0.39, 0.29) is 10.9 Å². The first-order valence-corrected chi connectivity index (χ1v) is 12.4. The Balaban J connectivity index is 0.000000975. The number of hydrazone groups is 1. The summed E-state index contributed by atoms with van der Waals surface area (Å²) in [6.45, 7) is 11.4. The number of anilines is 2. The van der Waals surface area contributed by atoms with Crippen molar-refractivity contribution in [2.45, 2.75) is 18.3 Å². The van der Waals surface area contributed by atoms with Crippen LogP contribution in [0.1, 0.15) is 23.3 Å². The van der Waals surface area contributed by atoms with E-state index in [0.29, 0.717) is 11.3 Å². The number of carbonyl (C=O) groups is 1. The molecule has 5 N–H and O–H groups in total. The molecule has 0 fully saturated rings. The molecule has 10 heteroatoms. The third-order valence-corrected chi connectivity index (χ3v) is 5.94. The van der Waals surface area contributed by atoms with Crippen molar-refractivity contribution in [3.8, 4) is 0 Å². The van der Waals surface area contributed by atoms with E-state index in [1.165, 1.54) is 17.1 Å². The second-order valence-electron chi connectivity index (χ2n) is 7.36. The first-order valence-electron chi connectivity index (χ1n) is 11.5. The third kappa shape index (κ3) is 10.9. The van der Waals surface area contributed by atoms with Crippen molar-refractivity contribution in [1.82, 2.24) is 0 Å². The van der Waals surface area contributed by atoms with Crippen molar-refractivity contribution >= 4 is 34.2 Å². The fourth-order valence-corrected chi connectivity index (χ4v) is 3.92. The number of alkyl halides is 3. The lowest BCUT2D eigenvalue weighted by Crippen LogP contribution is -2.37. The standard InChI is InChI=1S/C22H20F3N5OS.C5H8.C2H4/c23-22(24,25)16-10-7-11-17(14-16)28-20(31)19(15-8-3-1-4-9-15)32-21(29-26)30(27)18-12-5-2-6-13-18;1-3-5-4-2;1-2/h1-14,19H,26-27H2,(H,28,31);3-5H,1H2,2H3;1-2H2/b29-21+;5-4-;. The van der Waals surface area contributed by atoms with Gasteiger partial charge in [-0.25, -0.2) is 5.84 Å². The number of nitrogens with zero attached hydrogens (tertiary/aromatic N) is 2. The zero-order valence-corrected chi connectivity index (χ0v) is 22.3. The van der Waals surface area contributed by atoms with E-state index in [0.717, 1.165) is 23.9 Å². The second-order valence-corrected chi connectivity index (χ2v) is 8.43. The maximum Gasteiger partial charge on any atom is 0.416 e. The topological polar surface area (TPSA) is 96.7 Å². The molecule has 1 atom stereocenters. The Kier molecular flexibility index (Phi) is 14.5.